The van der Waals surface area contributed by atoms with Crippen LogP contribution in [0.15, 0.2) is 23.1 Å². The van der Waals surface area contributed by atoms with E-state index in [4.69, 9.17) is 9.47 Å². The van der Waals surface area contributed by atoms with Crippen molar-refractivity contribution < 1.29 is 51.9 Å². The van der Waals surface area contributed by atoms with Gasteiger partial charge < -0.3 is 19.1 Å². The van der Waals surface area contributed by atoms with E-state index in [1.807, 2.05) is 0 Å². The first-order valence-corrected chi connectivity index (χ1v) is 10.5. The molecule has 0 heterocycles. The van der Waals surface area contributed by atoms with Crippen LogP contribution in [0.2, 0.25) is 0 Å². The molecule has 0 aromatic heterocycles. The summed E-state index contributed by atoms with van der Waals surface area (Å²) in [4.78, 5) is 51.0. The molecule has 186 valence electrons. The maximum atomic E-state index is 11.9. The van der Waals surface area contributed by atoms with E-state index >= 15 is 0 Å². The Balaban J connectivity index is 0. The van der Waals surface area contributed by atoms with E-state index in [-0.39, 0.29) is 133 Å². The van der Waals surface area contributed by atoms with Crippen molar-refractivity contribution in [2.24, 2.45) is 0 Å². The van der Waals surface area contributed by atoms with Crippen LogP contribution in [0.1, 0.15) is 38.5 Å². The summed E-state index contributed by atoms with van der Waals surface area (Å²) in [5.41, 5.74) is 0. The van der Waals surface area contributed by atoms with Gasteiger partial charge in [-0.25, -0.2) is 0 Å². The van der Waals surface area contributed by atoms with Crippen LogP contribution in [0.25, 0.3) is 0 Å². The van der Waals surface area contributed by atoms with Crippen LogP contribution in [-0.2, 0) is 29.4 Å². The zero-order valence-corrected chi connectivity index (χ0v) is 17.4. The number of hydrogen-bond acceptors (Lipinski definition) is 12. The molecule has 0 aliphatic heterocycles. The van der Waals surface area contributed by atoms with Crippen molar-refractivity contribution in [3.05, 3.63) is 38.4 Å². The van der Waals surface area contributed by atoms with Crippen molar-refractivity contribution in [1.82, 2.24) is 0 Å². The summed E-state index contributed by atoms with van der Waals surface area (Å²) in [6, 6.07) is 2.93. The van der Waals surface area contributed by atoms with Gasteiger partial charge in [0.2, 0.25) is 0 Å². The molecule has 0 aliphatic rings. The van der Waals surface area contributed by atoms with Gasteiger partial charge in [-0.3, -0.25) is 14.1 Å². The molecule has 0 spiro atoms. The quantitative estimate of drug-likeness (QED) is 0.0550. The third kappa shape index (κ3) is 15.8. The Morgan fingerprint density at radius 3 is 1.76 bits per heavy atom. The van der Waals surface area contributed by atoms with Crippen molar-refractivity contribution >= 4 is 97.5 Å². The Morgan fingerprint density at radius 1 is 0.853 bits per heavy atom. The second-order valence-electron chi connectivity index (χ2n) is 6.06. The molecular weight excluding hydrogens is 540 g/mol. The number of rotatable bonds is 15. The van der Waals surface area contributed by atoms with Crippen LogP contribution in [-0.4, -0.2) is 124 Å². The molecule has 0 fully saturated rings. The molecule has 18 heteroatoms. The van der Waals surface area contributed by atoms with Gasteiger partial charge in [0.15, 0.2) is 5.75 Å². The van der Waals surface area contributed by atoms with Crippen molar-refractivity contribution in [1.29, 1.82) is 0 Å². The van der Waals surface area contributed by atoms with Crippen molar-refractivity contribution in [3.63, 3.8) is 0 Å². The molecule has 1 N–H and O–H groups in total. The maximum absolute atomic E-state index is 11.9. The van der Waals surface area contributed by atoms with Crippen molar-refractivity contribution in [3.8, 4) is 11.5 Å². The van der Waals surface area contributed by atoms with Gasteiger partial charge in [-0.15, -0.1) is 20.2 Å². The number of ether oxygens (including phenoxy) is 2. The van der Waals surface area contributed by atoms with Crippen LogP contribution < -0.4 is 9.47 Å². The van der Waals surface area contributed by atoms with E-state index in [0.717, 1.165) is 18.2 Å². The molecule has 15 nitrogen and oxygen atoms in total. The van der Waals surface area contributed by atoms with E-state index in [1.54, 1.807) is 0 Å². The van der Waals surface area contributed by atoms with Crippen LogP contribution in [0.4, 0.5) is 0 Å². The van der Waals surface area contributed by atoms with Crippen molar-refractivity contribution in [2.75, 3.05) is 13.2 Å². The fourth-order valence-electron chi connectivity index (χ4n) is 2.21. The average molecular weight is 565 g/mol. The molecule has 1 rings (SSSR count). The van der Waals surface area contributed by atoms with Gasteiger partial charge in [-0.2, -0.15) is 8.42 Å². The van der Waals surface area contributed by atoms with Crippen LogP contribution >= 0.6 is 0 Å². The molecule has 0 bridgehead atoms. The monoisotopic (exact) mass is 564 g/mol. The predicted molar refractivity (Wildman–Crippen MR) is 118 cm³/mol. The van der Waals surface area contributed by atoms with Gasteiger partial charge in [-0.1, -0.05) is 0 Å². The Hall–Kier alpha value is -1.01. The molecule has 0 amide bonds. The third-order valence-corrected chi connectivity index (χ3v) is 4.47. The molecule has 1 aromatic rings. The minimum absolute atomic E-state index is 0. The molecule has 0 saturated carbocycles. The molecule has 0 radical (unpaired) electrons. The second kappa shape index (κ2) is 18.3. The minimum atomic E-state index is -4.85. The van der Waals surface area contributed by atoms with E-state index in [1.165, 1.54) is 0 Å². The van der Waals surface area contributed by atoms with Crippen molar-refractivity contribution in [2.45, 2.75) is 43.4 Å². The summed E-state index contributed by atoms with van der Waals surface area (Å²) < 4.78 is 42.5. The predicted octanol–water partition coefficient (Wildman–Crippen LogP) is -0.331. The summed E-state index contributed by atoms with van der Waals surface area (Å²) in [6.07, 6.45) is 0.409. The zero-order valence-electron chi connectivity index (χ0n) is 16.5. The summed E-state index contributed by atoms with van der Waals surface area (Å²) in [5.74, 6) is -2.39. The third-order valence-electron chi connectivity index (χ3n) is 3.59. The Bertz CT molecular complexity index is 943. The van der Waals surface area contributed by atoms with Crippen LogP contribution in [0.5, 0.6) is 11.5 Å². The molecule has 1 aromatic carbocycles. The van der Waals surface area contributed by atoms with Gasteiger partial charge >= 0.3 is 87.4 Å². The van der Waals surface area contributed by atoms with Gasteiger partial charge in [0, 0.05) is 18.9 Å². The van der Waals surface area contributed by atoms with Crippen LogP contribution in [0, 0.1) is 20.2 Å². The fraction of sp³-hybridized carbons (Fsp3) is 0.500. The van der Waals surface area contributed by atoms with Gasteiger partial charge in [0.25, 0.3) is 20.3 Å². The second-order valence-corrected chi connectivity index (χ2v) is 7.45. The number of nitrogens with zero attached hydrogens (tertiary/aromatic N) is 2. The molecule has 34 heavy (non-hydrogen) atoms. The summed E-state index contributed by atoms with van der Waals surface area (Å²) in [7, 11) is -4.85. The number of carbonyl (C=O) groups is 2. The normalized spacial score (nSPS) is 10.1. The number of carbonyl (C=O) groups excluding carboxylic acids is 2. The number of unbranched alkanes of at least 4 members (excludes halogenated alkanes) is 2. The SMILES string of the molecule is O=C(CCCCO[N+](=O)[O-])Oc1ccc(OC(=O)CCCCO[N+](=O)[O-])c(S(=O)(=O)O)c1.[CaH2].[CaH2]. The zero-order chi connectivity index (χ0) is 24.1. The molecule has 0 saturated heterocycles. The Labute approximate surface area is 253 Å². The first-order valence-electron chi connectivity index (χ1n) is 9.06. The fourth-order valence-corrected chi connectivity index (χ4v) is 2.84. The standard InChI is InChI=1S/C16H20N2O13S.2Ca.4H/c19-15(5-1-3-9-28-17(21)22)30-12-7-8-13(14(11-12)32(25,26)27)31-16(20)6-2-4-10-29-18(23)24;;;;;;/h7-8,11H,1-6,9-10H2,(H,25,26,27);;;;;;. The van der Waals surface area contributed by atoms with Crippen LogP contribution in [0.3, 0.4) is 0 Å². The summed E-state index contributed by atoms with van der Waals surface area (Å²) in [6.45, 7) is -0.421. The number of esters is 2. The van der Waals surface area contributed by atoms with E-state index in [0.29, 0.717) is 0 Å². The van der Waals surface area contributed by atoms with Gasteiger partial charge in [0.1, 0.15) is 10.6 Å². The number of hydrogen-bond donors (Lipinski definition) is 1. The topological polar surface area (TPSA) is 212 Å². The number of benzene rings is 1. The van der Waals surface area contributed by atoms with Gasteiger partial charge in [-0.05, 0) is 37.8 Å². The van der Waals surface area contributed by atoms with Gasteiger partial charge in [0.05, 0.1) is 13.2 Å². The molecule has 0 aliphatic carbocycles. The average Bonchev–Trinajstić information content (AvgIpc) is 2.67. The van der Waals surface area contributed by atoms with E-state index in [2.05, 4.69) is 9.68 Å². The first kappa shape index (κ1) is 35.2. The summed E-state index contributed by atoms with van der Waals surface area (Å²) in [5, 5.41) is 18.1. The molecular formula is C16H24Ca2N2O13S. The molecule has 0 atom stereocenters. The Kier molecular flexibility index (Phi) is 18.9. The first-order chi connectivity index (χ1) is 15.0. The van der Waals surface area contributed by atoms with E-state index in [9.17, 15) is 42.8 Å². The molecule has 0 unspecified atom stereocenters. The van der Waals surface area contributed by atoms with E-state index < -0.39 is 42.9 Å². The Morgan fingerprint density at radius 2 is 1.32 bits per heavy atom. The summed E-state index contributed by atoms with van der Waals surface area (Å²) >= 11 is 0.